The summed E-state index contributed by atoms with van der Waals surface area (Å²) >= 11 is 1.94. The minimum atomic E-state index is 0.336. The van der Waals surface area contributed by atoms with Gasteiger partial charge in [-0.15, -0.1) is 11.3 Å². The molecule has 0 amide bonds. The van der Waals surface area contributed by atoms with Crippen molar-refractivity contribution in [3.8, 4) is 0 Å². The fraction of sp³-hybridized carbons (Fsp3) is 0.750. The summed E-state index contributed by atoms with van der Waals surface area (Å²) in [5.41, 5.74) is 0.336. The van der Waals surface area contributed by atoms with Crippen molar-refractivity contribution in [3.63, 3.8) is 0 Å². The molecule has 1 aromatic heterocycles. The molecule has 2 unspecified atom stereocenters. The maximum absolute atomic E-state index is 3.74. The molecule has 0 radical (unpaired) electrons. The van der Waals surface area contributed by atoms with Crippen molar-refractivity contribution in [2.24, 2.45) is 5.41 Å². The van der Waals surface area contributed by atoms with E-state index in [-0.39, 0.29) is 0 Å². The molecule has 2 rings (SSSR count). The lowest BCUT2D eigenvalue weighted by molar-refractivity contribution is 0.0783. The summed E-state index contributed by atoms with van der Waals surface area (Å²) in [6.45, 7) is 14.9. The molecular formula is C16H28N2S. The van der Waals surface area contributed by atoms with Gasteiger partial charge < -0.3 is 5.32 Å². The Morgan fingerprint density at radius 2 is 2.11 bits per heavy atom. The van der Waals surface area contributed by atoms with Crippen molar-refractivity contribution in [2.45, 2.75) is 59.7 Å². The average molecular weight is 280 g/mol. The van der Waals surface area contributed by atoms with E-state index in [2.05, 4.69) is 57.0 Å². The second-order valence-electron chi connectivity index (χ2n) is 6.83. The monoisotopic (exact) mass is 280 g/mol. The number of aryl methyl sites for hydroxylation is 1. The quantitative estimate of drug-likeness (QED) is 0.909. The third-order valence-corrected chi connectivity index (χ3v) is 5.19. The van der Waals surface area contributed by atoms with Crippen molar-refractivity contribution in [1.82, 2.24) is 10.2 Å². The van der Waals surface area contributed by atoms with Gasteiger partial charge in [0.2, 0.25) is 0 Å². The smallest absolute Gasteiger partial charge is 0.0332 e. The fourth-order valence-electron chi connectivity index (χ4n) is 2.80. The Morgan fingerprint density at radius 3 is 2.63 bits per heavy atom. The Morgan fingerprint density at radius 1 is 1.37 bits per heavy atom. The largest absolute Gasteiger partial charge is 0.311 e. The first-order valence-electron chi connectivity index (χ1n) is 7.43. The molecule has 1 aromatic rings. The van der Waals surface area contributed by atoms with Gasteiger partial charge in [0.1, 0.15) is 0 Å². The van der Waals surface area contributed by atoms with Crippen molar-refractivity contribution >= 4 is 11.3 Å². The summed E-state index contributed by atoms with van der Waals surface area (Å²) < 4.78 is 0. The van der Waals surface area contributed by atoms with Gasteiger partial charge in [-0.1, -0.05) is 27.7 Å². The van der Waals surface area contributed by atoms with Crippen molar-refractivity contribution in [3.05, 3.63) is 21.9 Å². The predicted molar refractivity (Wildman–Crippen MR) is 84.8 cm³/mol. The summed E-state index contributed by atoms with van der Waals surface area (Å²) in [7, 11) is 0. The van der Waals surface area contributed by atoms with E-state index < -0.39 is 0 Å². The number of rotatable bonds is 3. The van der Waals surface area contributed by atoms with Crippen LogP contribution in [0.15, 0.2) is 12.1 Å². The average Bonchev–Trinajstić information content (AvgIpc) is 2.73. The van der Waals surface area contributed by atoms with Crippen LogP contribution in [0.1, 0.15) is 43.9 Å². The van der Waals surface area contributed by atoms with E-state index in [1.54, 1.807) is 0 Å². The van der Waals surface area contributed by atoms with E-state index in [1.165, 1.54) is 22.7 Å². The molecule has 1 saturated heterocycles. The van der Waals surface area contributed by atoms with Crippen LogP contribution in [0.5, 0.6) is 0 Å². The molecule has 2 atom stereocenters. The van der Waals surface area contributed by atoms with Crippen LogP contribution in [0.2, 0.25) is 0 Å². The van der Waals surface area contributed by atoms with Crippen LogP contribution in [-0.2, 0) is 6.54 Å². The van der Waals surface area contributed by atoms with Crippen molar-refractivity contribution in [2.75, 3.05) is 13.1 Å². The second kappa shape index (κ2) is 5.94. The zero-order valence-corrected chi connectivity index (χ0v) is 13.8. The maximum Gasteiger partial charge on any atom is 0.0332 e. The number of hydrogen-bond donors (Lipinski definition) is 1. The molecule has 2 nitrogen and oxygen atoms in total. The molecule has 1 fully saturated rings. The third-order valence-electron chi connectivity index (χ3n) is 4.20. The predicted octanol–water partition coefficient (Wildman–Crippen LogP) is 3.66. The summed E-state index contributed by atoms with van der Waals surface area (Å²) in [4.78, 5) is 5.61. The zero-order valence-electron chi connectivity index (χ0n) is 13.0. The molecule has 1 N–H and O–H groups in total. The van der Waals surface area contributed by atoms with Gasteiger partial charge in [-0.25, -0.2) is 0 Å². The highest BCUT2D eigenvalue weighted by molar-refractivity contribution is 7.11. The molecule has 1 aliphatic heterocycles. The molecule has 3 heteroatoms. The SMILES string of the molecule is CCC1CNC(C(C)(C)C)CN1Cc1ccc(C)s1. The van der Waals surface area contributed by atoms with E-state index in [4.69, 9.17) is 0 Å². The van der Waals surface area contributed by atoms with Gasteiger partial charge >= 0.3 is 0 Å². The highest BCUT2D eigenvalue weighted by atomic mass is 32.1. The normalized spacial score (nSPS) is 25.7. The van der Waals surface area contributed by atoms with Gasteiger partial charge in [-0.2, -0.15) is 0 Å². The second-order valence-corrected chi connectivity index (χ2v) is 8.20. The minimum Gasteiger partial charge on any atom is -0.311 e. The lowest BCUT2D eigenvalue weighted by Gasteiger charge is -2.44. The molecule has 0 aromatic carbocycles. The Balaban J connectivity index is 2.05. The molecular weight excluding hydrogens is 252 g/mol. The number of thiophene rings is 1. The van der Waals surface area contributed by atoms with Gasteiger partial charge in [0.25, 0.3) is 0 Å². The van der Waals surface area contributed by atoms with Crippen LogP contribution in [0.4, 0.5) is 0 Å². The van der Waals surface area contributed by atoms with E-state index in [1.807, 2.05) is 11.3 Å². The fourth-order valence-corrected chi connectivity index (χ4v) is 3.72. The van der Waals surface area contributed by atoms with Crippen molar-refractivity contribution in [1.29, 1.82) is 0 Å². The Hall–Kier alpha value is -0.380. The zero-order chi connectivity index (χ0) is 14.0. The molecule has 0 saturated carbocycles. The molecule has 0 spiro atoms. The topological polar surface area (TPSA) is 15.3 Å². The highest BCUT2D eigenvalue weighted by Gasteiger charge is 2.33. The highest BCUT2D eigenvalue weighted by Crippen LogP contribution is 2.26. The minimum absolute atomic E-state index is 0.336. The van der Waals surface area contributed by atoms with Crippen LogP contribution in [0.25, 0.3) is 0 Å². The number of nitrogens with one attached hydrogen (secondary N) is 1. The van der Waals surface area contributed by atoms with Gasteiger partial charge in [0.05, 0.1) is 0 Å². The van der Waals surface area contributed by atoms with Crippen molar-refractivity contribution < 1.29 is 0 Å². The maximum atomic E-state index is 3.74. The van der Waals surface area contributed by atoms with Crippen LogP contribution in [0.3, 0.4) is 0 Å². The van der Waals surface area contributed by atoms with E-state index >= 15 is 0 Å². The summed E-state index contributed by atoms with van der Waals surface area (Å²) in [5.74, 6) is 0. The summed E-state index contributed by atoms with van der Waals surface area (Å²) in [5, 5.41) is 3.74. The van der Waals surface area contributed by atoms with E-state index in [9.17, 15) is 0 Å². The van der Waals surface area contributed by atoms with Gasteiger partial charge in [-0.05, 0) is 30.9 Å². The van der Waals surface area contributed by atoms with Crippen LogP contribution in [-0.4, -0.2) is 30.1 Å². The lowest BCUT2D eigenvalue weighted by Crippen LogP contribution is -2.59. The third kappa shape index (κ3) is 3.80. The summed E-state index contributed by atoms with van der Waals surface area (Å²) in [6.07, 6.45) is 1.23. The first-order valence-corrected chi connectivity index (χ1v) is 8.24. The van der Waals surface area contributed by atoms with Crippen LogP contribution >= 0.6 is 11.3 Å². The van der Waals surface area contributed by atoms with E-state index in [0.717, 1.165) is 13.1 Å². The molecule has 19 heavy (non-hydrogen) atoms. The lowest BCUT2D eigenvalue weighted by atomic mass is 9.84. The molecule has 2 heterocycles. The van der Waals surface area contributed by atoms with Gasteiger partial charge in [-0.3, -0.25) is 4.90 Å². The van der Waals surface area contributed by atoms with Gasteiger partial charge in [0, 0.05) is 41.5 Å². The Labute approximate surface area is 122 Å². The first-order chi connectivity index (χ1) is 8.90. The van der Waals surface area contributed by atoms with Crippen LogP contribution in [0, 0.1) is 12.3 Å². The Bertz CT molecular complexity index is 405. The number of nitrogens with zero attached hydrogens (tertiary/aromatic N) is 1. The molecule has 108 valence electrons. The van der Waals surface area contributed by atoms with E-state index in [0.29, 0.717) is 17.5 Å². The Kier molecular flexibility index (Phi) is 4.70. The van der Waals surface area contributed by atoms with Gasteiger partial charge in [0.15, 0.2) is 0 Å². The number of piperazine rings is 1. The number of hydrogen-bond acceptors (Lipinski definition) is 3. The molecule has 0 aliphatic carbocycles. The molecule has 1 aliphatic rings. The van der Waals surface area contributed by atoms with Crippen LogP contribution < -0.4 is 5.32 Å². The molecule has 0 bridgehead atoms. The summed E-state index contributed by atoms with van der Waals surface area (Å²) in [6, 6.07) is 5.81. The first kappa shape index (κ1) is 15.0. The standard InChI is InChI=1S/C16H28N2S/c1-6-13-9-17-15(16(3,4)5)11-18(13)10-14-8-7-12(2)19-14/h7-8,13,15,17H,6,9-11H2,1-5H3.